The van der Waals surface area contributed by atoms with Gasteiger partial charge in [-0.15, -0.1) is 11.3 Å². The van der Waals surface area contributed by atoms with Crippen molar-refractivity contribution in [3.8, 4) is 6.07 Å². The average Bonchev–Trinajstić information content (AvgIpc) is 2.73. The first kappa shape index (κ1) is 12.2. The van der Waals surface area contributed by atoms with Crippen molar-refractivity contribution in [1.29, 1.82) is 5.26 Å². The molecule has 17 heavy (non-hydrogen) atoms. The number of hydrogen-bond acceptors (Lipinski definition) is 4. The Balaban J connectivity index is 2.05. The molecule has 0 spiro atoms. The summed E-state index contributed by atoms with van der Waals surface area (Å²) in [5.74, 6) is 0. The van der Waals surface area contributed by atoms with Crippen LogP contribution in [0.4, 0.5) is 5.69 Å². The summed E-state index contributed by atoms with van der Waals surface area (Å²) in [5, 5.41) is 13.2. The number of benzene rings is 1. The summed E-state index contributed by atoms with van der Waals surface area (Å²) in [5.41, 5.74) is 1.31. The van der Waals surface area contributed by atoms with Gasteiger partial charge in [0.15, 0.2) is 0 Å². The van der Waals surface area contributed by atoms with Gasteiger partial charge in [-0.3, -0.25) is 0 Å². The van der Waals surface area contributed by atoms with E-state index in [2.05, 4.69) is 10.3 Å². The van der Waals surface area contributed by atoms with Gasteiger partial charge in [0.1, 0.15) is 15.4 Å². The normalized spacial score (nSPS) is 9.94. The lowest BCUT2D eigenvalue weighted by Gasteiger charge is -2.05. The lowest BCUT2D eigenvalue weighted by atomic mass is 10.2. The third kappa shape index (κ3) is 3.10. The van der Waals surface area contributed by atoms with E-state index >= 15 is 0 Å². The van der Waals surface area contributed by atoms with Crippen molar-refractivity contribution < 1.29 is 0 Å². The molecule has 0 atom stereocenters. The minimum Gasteiger partial charge on any atom is -0.378 e. The fourth-order valence-corrected chi connectivity index (χ4v) is 2.38. The summed E-state index contributed by atoms with van der Waals surface area (Å²) in [7, 11) is 0. The summed E-state index contributed by atoms with van der Waals surface area (Å²) in [6.07, 6.45) is 1.62. The van der Waals surface area contributed by atoms with Gasteiger partial charge >= 0.3 is 0 Å². The first-order chi connectivity index (χ1) is 8.19. The van der Waals surface area contributed by atoms with E-state index in [1.807, 2.05) is 6.07 Å². The Hall–Kier alpha value is -1.28. The van der Waals surface area contributed by atoms with E-state index in [1.165, 1.54) is 11.3 Å². The fraction of sp³-hybridized carbons (Fsp3) is 0.0909. The van der Waals surface area contributed by atoms with Crippen molar-refractivity contribution in [1.82, 2.24) is 4.98 Å². The molecule has 0 aliphatic rings. The zero-order chi connectivity index (χ0) is 12.3. The van der Waals surface area contributed by atoms with Gasteiger partial charge in [0.2, 0.25) is 0 Å². The molecular weight excluding hydrogens is 277 g/mol. The summed E-state index contributed by atoms with van der Waals surface area (Å²) in [4.78, 5) is 4.13. The number of nitriles is 1. The summed E-state index contributed by atoms with van der Waals surface area (Å²) < 4.78 is 0.666. The van der Waals surface area contributed by atoms with Crippen LogP contribution in [0.3, 0.4) is 0 Å². The first-order valence-corrected chi connectivity index (χ1v) is 6.30. The van der Waals surface area contributed by atoms with Gasteiger partial charge in [-0.1, -0.05) is 23.2 Å². The SMILES string of the molecule is N#Cc1ccc(NCc2ncc(Cl)s2)cc1Cl. The van der Waals surface area contributed by atoms with Crippen LogP contribution in [0.15, 0.2) is 24.4 Å². The van der Waals surface area contributed by atoms with E-state index in [1.54, 1.807) is 24.4 Å². The van der Waals surface area contributed by atoms with Gasteiger partial charge < -0.3 is 5.32 Å². The van der Waals surface area contributed by atoms with Crippen LogP contribution in [-0.4, -0.2) is 4.98 Å². The van der Waals surface area contributed by atoms with Crippen molar-refractivity contribution >= 4 is 40.2 Å². The highest BCUT2D eigenvalue weighted by Gasteiger charge is 2.02. The Morgan fingerprint density at radius 3 is 2.82 bits per heavy atom. The molecule has 0 fully saturated rings. The molecule has 3 nitrogen and oxygen atoms in total. The molecule has 0 amide bonds. The topological polar surface area (TPSA) is 48.7 Å². The van der Waals surface area contributed by atoms with Crippen molar-refractivity contribution in [3.63, 3.8) is 0 Å². The predicted molar refractivity (Wildman–Crippen MR) is 70.6 cm³/mol. The third-order valence-corrected chi connectivity index (χ3v) is 3.49. The molecule has 1 N–H and O–H groups in total. The average molecular weight is 284 g/mol. The zero-order valence-electron chi connectivity index (χ0n) is 8.58. The van der Waals surface area contributed by atoms with Gasteiger partial charge in [0.05, 0.1) is 23.3 Å². The number of thiazole rings is 1. The Morgan fingerprint density at radius 1 is 1.41 bits per heavy atom. The van der Waals surface area contributed by atoms with Crippen LogP contribution in [-0.2, 0) is 6.54 Å². The molecule has 1 aromatic heterocycles. The minimum atomic E-state index is 0.440. The maximum atomic E-state index is 8.74. The van der Waals surface area contributed by atoms with Crippen molar-refractivity contribution in [2.24, 2.45) is 0 Å². The number of hydrogen-bond donors (Lipinski definition) is 1. The van der Waals surface area contributed by atoms with E-state index in [-0.39, 0.29) is 0 Å². The number of halogens is 2. The predicted octanol–water partition coefficient (Wildman–Crippen LogP) is 3.93. The Morgan fingerprint density at radius 2 is 2.24 bits per heavy atom. The van der Waals surface area contributed by atoms with Crippen LogP contribution in [0.2, 0.25) is 9.36 Å². The largest absolute Gasteiger partial charge is 0.378 e. The van der Waals surface area contributed by atoms with E-state index < -0.39 is 0 Å². The standard InChI is InChI=1S/C11H7Cl2N3S/c12-9-3-8(2-1-7(9)4-14)15-6-11-16-5-10(13)17-11/h1-3,5,15H,6H2. The molecule has 0 aliphatic carbocycles. The molecule has 1 aromatic carbocycles. The molecular formula is C11H7Cl2N3S. The third-order valence-electron chi connectivity index (χ3n) is 2.06. The second kappa shape index (κ2) is 5.37. The molecule has 1 heterocycles. The summed E-state index contributed by atoms with van der Waals surface area (Å²) >= 11 is 13.1. The quantitative estimate of drug-likeness (QED) is 0.928. The molecule has 0 saturated carbocycles. The van der Waals surface area contributed by atoms with Gasteiger partial charge in [-0.25, -0.2) is 4.98 Å². The van der Waals surface area contributed by atoms with Gasteiger partial charge in [-0.2, -0.15) is 5.26 Å². The van der Waals surface area contributed by atoms with Crippen molar-refractivity contribution in [3.05, 3.63) is 44.3 Å². The molecule has 0 saturated heterocycles. The van der Waals surface area contributed by atoms with Crippen LogP contribution in [0.1, 0.15) is 10.6 Å². The van der Waals surface area contributed by atoms with E-state index in [0.29, 0.717) is 21.5 Å². The molecule has 86 valence electrons. The fourth-order valence-electron chi connectivity index (χ4n) is 1.26. The van der Waals surface area contributed by atoms with E-state index in [4.69, 9.17) is 28.5 Å². The van der Waals surface area contributed by atoms with Crippen molar-refractivity contribution in [2.45, 2.75) is 6.54 Å². The maximum Gasteiger partial charge on any atom is 0.113 e. The number of aromatic nitrogens is 1. The van der Waals surface area contributed by atoms with E-state index in [0.717, 1.165) is 10.7 Å². The highest BCUT2D eigenvalue weighted by Crippen LogP contribution is 2.22. The Labute approximate surface area is 113 Å². The first-order valence-electron chi connectivity index (χ1n) is 4.73. The number of nitrogens with zero attached hydrogens (tertiary/aromatic N) is 2. The second-order valence-corrected chi connectivity index (χ2v) is 5.37. The smallest absolute Gasteiger partial charge is 0.113 e. The lowest BCUT2D eigenvalue weighted by molar-refractivity contribution is 1.10. The van der Waals surface area contributed by atoms with Crippen molar-refractivity contribution in [2.75, 3.05) is 5.32 Å². The second-order valence-electron chi connectivity index (χ2n) is 3.22. The van der Waals surface area contributed by atoms with Gasteiger partial charge in [-0.05, 0) is 18.2 Å². The zero-order valence-corrected chi connectivity index (χ0v) is 10.9. The molecule has 0 unspecified atom stereocenters. The maximum absolute atomic E-state index is 8.74. The monoisotopic (exact) mass is 283 g/mol. The molecule has 2 rings (SSSR count). The van der Waals surface area contributed by atoms with Crippen LogP contribution in [0.5, 0.6) is 0 Å². The van der Waals surface area contributed by atoms with Gasteiger partial charge in [0, 0.05) is 5.69 Å². The Bertz CT molecular complexity index is 574. The molecule has 0 bridgehead atoms. The Kier molecular flexibility index (Phi) is 3.85. The van der Waals surface area contributed by atoms with Crippen LogP contribution in [0, 0.1) is 11.3 Å². The number of anilines is 1. The lowest BCUT2D eigenvalue weighted by Crippen LogP contribution is -1.98. The van der Waals surface area contributed by atoms with Crippen LogP contribution >= 0.6 is 34.5 Å². The highest BCUT2D eigenvalue weighted by atomic mass is 35.5. The molecule has 6 heteroatoms. The van der Waals surface area contributed by atoms with Crippen LogP contribution in [0.25, 0.3) is 0 Å². The van der Waals surface area contributed by atoms with Crippen LogP contribution < -0.4 is 5.32 Å². The molecule has 0 aliphatic heterocycles. The minimum absolute atomic E-state index is 0.440. The van der Waals surface area contributed by atoms with Gasteiger partial charge in [0.25, 0.3) is 0 Å². The molecule has 0 radical (unpaired) electrons. The summed E-state index contributed by atoms with van der Waals surface area (Å²) in [6.45, 7) is 0.583. The summed E-state index contributed by atoms with van der Waals surface area (Å²) in [6, 6.07) is 7.21. The number of nitrogens with one attached hydrogen (secondary N) is 1. The highest BCUT2D eigenvalue weighted by molar-refractivity contribution is 7.15. The molecule has 2 aromatic rings. The van der Waals surface area contributed by atoms with E-state index in [9.17, 15) is 0 Å². The number of rotatable bonds is 3.